The number of rotatable bonds is 6. The SMILES string of the molecule is N#CCOc1cccc(CNC(=O)N2CCC(Cc3ccccc3)C2)c1. The Morgan fingerprint density at radius 1 is 1.19 bits per heavy atom. The van der Waals surface area contributed by atoms with Crippen LogP contribution in [0.25, 0.3) is 0 Å². The number of hydrogen-bond donors (Lipinski definition) is 1. The van der Waals surface area contributed by atoms with Gasteiger partial charge in [0.2, 0.25) is 0 Å². The molecule has 1 N–H and O–H groups in total. The molecule has 134 valence electrons. The van der Waals surface area contributed by atoms with Crippen LogP contribution >= 0.6 is 0 Å². The first-order valence-electron chi connectivity index (χ1n) is 8.90. The monoisotopic (exact) mass is 349 g/mol. The normalized spacial score (nSPS) is 16.1. The summed E-state index contributed by atoms with van der Waals surface area (Å²) in [6.45, 7) is 2.07. The fraction of sp³-hybridized carbons (Fsp3) is 0.333. The summed E-state index contributed by atoms with van der Waals surface area (Å²) >= 11 is 0. The molecule has 0 bridgehead atoms. The Bertz CT molecular complexity index is 770. The highest BCUT2D eigenvalue weighted by atomic mass is 16.5. The number of urea groups is 1. The third-order valence-electron chi connectivity index (χ3n) is 4.59. The number of nitriles is 1. The van der Waals surface area contributed by atoms with E-state index in [1.165, 1.54) is 5.56 Å². The molecule has 0 spiro atoms. The van der Waals surface area contributed by atoms with E-state index in [2.05, 4.69) is 29.6 Å². The van der Waals surface area contributed by atoms with Gasteiger partial charge in [0.25, 0.3) is 0 Å². The van der Waals surface area contributed by atoms with Crippen LogP contribution in [0.3, 0.4) is 0 Å². The van der Waals surface area contributed by atoms with Gasteiger partial charge in [-0.15, -0.1) is 0 Å². The molecule has 1 unspecified atom stereocenters. The maximum Gasteiger partial charge on any atom is 0.317 e. The molecule has 0 radical (unpaired) electrons. The number of nitrogens with zero attached hydrogens (tertiary/aromatic N) is 2. The van der Waals surface area contributed by atoms with Crippen molar-refractivity contribution < 1.29 is 9.53 Å². The van der Waals surface area contributed by atoms with Gasteiger partial charge < -0.3 is 15.0 Å². The Labute approximate surface area is 154 Å². The Morgan fingerprint density at radius 2 is 2.00 bits per heavy atom. The van der Waals surface area contributed by atoms with E-state index in [0.717, 1.165) is 31.5 Å². The molecule has 1 saturated heterocycles. The second-order valence-electron chi connectivity index (χ2n) is 6.54. The molecule has 5 nitrogen and oxygen atoms in total. The van der Waals surface area contributed by atoms with Gasteiger partial charge in [0.15, 0.2) is 6.61 Å². The van der Waals surface area contributed by atoms with Gasteiger partial charge in [-0.05, 0) is 42.0 Å². The first kappa shape index (κ1) is 17.8. The van der Waals surface area contributed by atoms with Crippen LogP contribution in [0, 0.1) is 17.2 Å². The van der Waals surface area contributed by atoms with Crippen molar-refractivity contribution in [3.05, 3.63) is 65.7 Å². The molecule has 2 aromatic carbocycles. The van der Waals surface area contributed by atoms with Crippen LogP contribution < -0.4 is 10.1 Å². The maximum absolute atomic E-state index is 12.4. The minimum Gasteiger partial charge on any atom is -0.479 e. The Morgan fingerprint density at radius 3 is 2.81 bits per heavy atom. The second kappa shape index (κ2) is 8.91. The zero-order valence-electron chi connectivity index (χ0n) is 14.7. The van der Waals surface area contributed by atoms with E-state index in [-0.39, 0.29) is 12.6 Å². The van der Waals surface area contributed by atoms with Crippen molar-refractivity contribution in [2.75, 3.05) is 19.7 Å². The lowest BCUT2D eigenvalue weighted by Gasteiger charge is -2.18. The summed E-state index contributed by atoms with van der Waals surface area (Å²) in [5, 5.41) is 11.5. The Kier molecular flexibility index (Phi) is 6.10. The summed E-state index contributed by atoms with van der Waals surface area (Å²) in [5.41, 5.74) is 2.28. The van der Waals surface area contributed by atoms with E-state index in [1.807, 2.05) is 35.2 Å². The number of ether oxygens (including phenoxy) is 1. The van der Waals surface area contributed by atoms with E-state index in [0.29, 0.717) is 18.2 Å². The van der Waals surface area contributed by atoms with Gasteiger partial charge >= 0.3 is 6.03 Å². The van der Waals surface area contributed by atoms with Crippen LogP contribution in [-0.2, 0) is 13.0 Å². The highest BCUT2D eigenvalue weighted by Gasteiger charge is 2.26. The smallest absolute Gasteiger partial charge is 0.317 e. The van der Waals surface area contributed by atoms with E-state index >= 15 is 0 Å². The van der Waals surface area contributed by atoms with Crippen molar-refractivity contribution in [3.63, 3.8) is 0 Å². The first-order valence-corrected chi connectivity index (χ1v) is 8.90. The van der Waals surface area contributed by atoms with Crippen molar-refractivity contribution in [3.8, 4) is 11.8 Å². The van der Waals surface area contributed by atoms with Gasteiger partial charge in [0.1, 0.15) is 11.8 Å². The average Bonchev–Trinajstić information content (AvgIpc) is 3.14. The van der Waals surface area contributed by atoms with Gasteiger partial charge in [-0.3, -0.25) is 0 Å². The van der Waals surface area contributed by atoms with Crippen molar-refractivity contribution in [2.45, 2.75) is 19.4 Å². The van der Waals surface area contributed by atoms with Gasteiger partial charge in [0, 0.05) is 19.6 Å². The summed E-state index contributed by atoms with van der Waals surface area (Å²) in [7, 11) is 0. The number of nitrogens with one attached hydrogen (secondary N) is 1. The Hall–Kier alpha value is -3.00. The minimum atomic E-state index is -0.0242. The molecule has 0 saturated carbocycles. The standard InChI is InChI=1S/C21H23N3O2/c22-10-12-26-20-8-4-7-18(14-20)15-23-21(25)24-11-9-19(16-24)13-17-5-2-1-3-6-17/h1-8,14,19H,9,11-13,15-16H2,(H,23,25). The minimum absolute atomic E-state index is 0.0202. The van der Waals surface area contributed by atoms with Crippen LogP contribution in [0.1, 0.15) is 17.5 Å². The van der Waals surface area contributed by atoms with E-state index in [4.69, 9.17) is 10.00 Å². The lowest BCUT2D eigenvalue weighted by molar-refractivity contribution is 0.206. The van der Waals surface area contributed by atoms with Crippen LogP contribution in [-0.4, -0.2) is 30.6 Å². The number of likely N-dealkylation sites (tertiary alicyclic amines) is 1. The zero-order chi connectivity index (χ0) is 18.2. The van der Waals surface area contributed by atoms with Gasteiger partial charge in [0.05, 0.1) is 0 Å². The van der Waals surface area contributed by atoms with Crippen molar-refractivity contribution in [1.29, 1.82) is 5.26 Å². The molecular weight excluding hydrogens is 326 g/mol. The van der Waals surface area contributed by atoms with Gasteiger partial charge in [-0.1, -0.05) is 42.5 Å². The highest BCUT2D eigenvalue weighted by molar-refractivity contribution is 5.74. The van der Waals surface area contributed by atoms with E-state index in [9.17, 15) is 4.79 Å². The third kappa shape index (κ3) is 5.00. The number of carbonyl (C=O) groups excluding carboxylic acids is 1. The lowest BCUT2D eigenvalue weighted by Crippen LogP contribution is -2.38. The van der Waals surface area contributed by atoms with Crippen LogP contribution in [0.2, 0.25) is 0 Å². The summed E-state index contributed by atoms with van der Waals surface area (Å²) in [6, 6.07) is 19.8. The largest absolute Gasteiger partial charge is 0.479 e. The number of amides is 2. The van der Waals surface area contributed by atoms with Gasteiger partial charge in [-0.25, -0.2) is 4.79 Å². The number of carbonyl (C=O) groups is 1. The molecule has 1 atom stereocenters. The van der Waals surface area contributed by atoms with Crippen LogP contribution in [0.5, 0.6) is 5.75 Å². The molecular formula is C21H23N3O2. The molecule has 2 aromatic rings. The van der Waals surface area contributed by atoms with Crippen molar-refractivity contribution in [1.82, 2.24) is 10.2 Å². The topological polar surface area (TPSA) is 65.4 Å². The molecule has 26 heavy (non-hydrogen) atoms. The molecule has 1 heterocycles. The van der Waals surface area contributed by atoms with Crippen molar-refractivity contribution >= 4 is 6.03 Å². The highest BCUT2D eigenvalue weighted by Crippen LogP contribution is 2.21. The summed E-state index contributed by atoms with van der Waals surface area (Å²) in [4.78, 5) is 14.3. The molecule has 2 amide bonds. The molecule has 1 aliphatic rings. The fourth-order valence-electron chi connectivity index (χ4n) is 3.28. The Balaban J connectivity index is 1.46. The number of hydrogen-bond acceptors (Lipinski definition) is 3. The molecule has 1 fully saturated rings. The molecule has 5 heteroatoms. The third-order valence-corrected chi connectivity index (χ3v) is 4.59. The average molecular weight is 349 g/mol. The molecule has 3 rings (SSSR count). The predicted molar refractivity (Wildman–Crippen MR) is 99.6 cm³/mol. The maximum atomic E-state index is 12.4. The van der Waals surface area contributed by atoms with E-state index in [1.54, 1.807) is 6.07 Å². The molecule has 0 aliphatic carbocycles. The lowest BCUT2D eigenvalue weighted by atomic mass is 9.99. The predicted octanol–water partition coefficient (Wildman–Crippen LogP) is 3.36. The summed E-state index contributed by atoms with van der Waals surface area (Å²) in [6.07, 6.45) is 2.06. The zero-order valence-corrected chi connectivity index (χ0v) is 14.7. The first-order chi connectivity index (χ1) is 12.7. The quantitative estimate of drug-likeness (QED) is 0.870. The second-order valence-corrected chi connectivity index (χ2v) is 6.54. The summed E-state index contributed by atoms with van der Waals surface area (Å²) in [5.74, 6) is 1.16. The van der Waals surface area contributed by atoms with Crippen LogP contribution in [0.15, 0.2) is 54.6 Å². The number of benzene rings is 2. The summed E-state index contributed by atoms with van der Waals surface area (Å²) < 4.78 is 5.29. The molecule has 1 aliphatic heterocycles. The van der Waals surface area contributed by atoms with E-state index < -0.39 is 0 Å². The molecule has 0 aromatic heterocycles. The van der Waals surface area contributed by atoms with Gasteiger partial charge in [-0.2, -0.15) is 5.26 Å². The van der Waals surface area contributed by atoms with Crippen LogP contribution in [0.4, 0.5) is 4.79 Å². The fourth-order valence-corrected chi connectivity index (χ4v) is 3.28. The van der Waals surface area contributed by atoms with Crippen molar-refractivity contribution in [2.24, 2.45) is 5.92 Å².